The number of hydrogen-bond acceptors (Lipinski definition) is 4. The fourth-order valence-corrected chi connectivity index (χ4v) is 2.47. The van der Waals surface area contributed by atoms with Crippen molar-refractivity contribution in [3.05, 3.63) is 59.1 Å². The third kappa shape index (κ3) is 4.06. The number of carbonyl (C=O) groups is 2. The molecule has 126 valence electrons. The monoisotopic (exact) mass is 346 g/mol. The highest BCUT2D eigenvalue weighted by Gasteiger charge is 2.23. The van der Waals surface area contributed by atoms with Crippen LogP contribution < -0.4 is 10.2 Å². The Balaban J connectivity index is 2.26. The van der Waals surface area contributed by atoms with Gasteiger partial charge in [-0.25, -0.2) is 4.79 Å². The molecule has 0 spiro atoms. The van der Waals surface area contributed by atoms with Crippen molar-refractivity contribution in [2.24, 2.45) is 0 Å². The van der Waals surface area contributed by atoms with Crippen molar-refractivity contribution in [3.63, 3.8) is 0 Å². The van der Waals surface area contributed by atoms with E-state index in [-0.39, 0.29) is 5.91 Å². The summed E-state index contributed by atoms with van der Waals surface area (Å²) < 4.78 is 4.87. The van der Waals surface area contributed by atoms with Crippen molar-refractivity contribution in [2.75, 3.05) is 24.4 Å². The summed E-state index contributed by atoms with van der Waals surface area (Å²) in [5.41, 5.74) is 2.11. The van der Waals surface area contributed by atoms with E-state index in [0.717, 1.165) is 5.69 Å². The second-order valence-corrected chi connectivity index (χ2v) is 5.65. The SMILES string of the molecule is COC(=O)[C@@H](Nc1ccc(N(C)C(C)=O)cc1)c1ccccc1Cl. The molecule has 0 aliphatic rings. The number of carbonyl (C=O) groups excluding carboxylic acids is 2. The van der Waals surface area contributed by atoms with Crippen molar-refractivity contribution in [1.82, 2.24) is 0 Å². The largest absolute Gasteiger partial charge is 0.467 e. The van der Waals surface area contributed by atoms with Gasteiger partial charge in [-0.1, -0.05) is 29.8 Å². The van der Waals surface area contributed by atoms with Crippen LogP contribution in [0.25, 0.3) is 0 Å². The number of hydrogen-bond donors (Lipinski definition) is 1. The summed E-state index contributed by atoms with van der Waals surface area (Å²) in [4.78, 5) is 25.1. The summed E-state index contributed by atoms with van der Waals surface area (Å²) >= 11 is 6.20. The summed E-state index contributed by atoms with van der Waals surface area (Å²) in [6.45, 7) is 1.50. The molecular formula is C18H19ClN2O3. The van der Waals surface area contributed by atoms with Crippen LogP contribution in [0, 0.1) is 0 Å². The lowest BCUT2D eigenvalue weighted by atomic mass is 10.1. The molecule has 0 aromatic heterocycles. The first kappa shape index (κ1) is 17.8. The Bertz CT molecular complexity index is 731. The summed E-state index contributed by atoms with van der Waals surface area (Å²) in [5.74, 6) is -0.493. The lowest BCUT2D eigenvalue weighted by Crippen LogP contribution is -2.23. The predicted molar refractivity (Wildman–Crippen MR) is 95.4 cm³/mol. The number of rotatable bonds is 5. The molecule has 5 nitrogen and oxygen atoms in total. The van der Waals surface area contributed by atoms with Gasteiger partial charge in [0.25, 0.3) is 0 Å². The third-order valence-corrected chi connectivity index (χ3v) is 4.04. The minimum atomic E-state index is -0.722. The van der Waals surface area contributed by atoms with Crippen LogP contribution in [-0.2, 0) is 14.3 Å². The number of ether oxygens (including phenoxy) is 1. The molecule has 0 aliphatic carbocycles. The molecular weight excluding hydrogens is 328 g/mol. The Labute approximate surface area is 146 Å². The number of methoxy groups -OCH3 is 1. The zero-order valence-corrected chi connectivity index (χ0v) is 14.5. The topological polar surface area (TPSA) is 58.6 Å². The molecule has 6 heteroatoms. The number of halogens is 1. The first-order valence-corrected chi connectivity index (χ1v) is 7.75. The molecule has 0 radical (unpaired) electrons. The van der Waals surface area contributed by atoms with E-state index in [1.807, 2.05) is 6.07 Å². The molecule has 0 aliphatic heterocycles. The molecule has 0 bridgehead atoms. The van der Waals surface area contributed by atoms with Crippen LogP contribution in [0.3, 0.4) is 0 Å². The molecule has 0 unspecified atom stereocenters. The van der Waals surface area contributed by atoms with E-state index in [0.29, 0.717) is 16.3 Å². The van der Waals surface area contributed by atoms with Crippen LogP contribution in [0.1, 0.15) is 18.5 Å². The molecule has 0 saturated carbocycles. The van der Waals surface area contributed by atoms with Crippen molar-refractivity contribution in [3.8, 4) is 0 Å². The smallest absolute Gasteiger partial charge is 0.333 e. The first-order chi connectivity index (χ1) is 11.4. The highest BCUT2D eigenvalue weighted by atomic mass is 35.5. The number of benzene rings is 2. The van der Waals surface area contributed by atoms with Gasteiger partial charge in [-0.2, -0.15) is 0 Å². The van der Waals surface area contributed by atoms with E-state index in [1.54, 1.807) is 49.5 Å². The van der Waals surface area contributed by atoms with Crippen molar-refractivity contribution in [2.45, 2.75) is 13.0 Å². The highest BCUT2D eigenvalue weighted by Crippen LogP contribution is 2.28. The average molecular weight is 347 g/mol. The van der Waals surface area contributed by atoms with E-state index >= 15 is 0 Å². The van der Waals surface area contributed by atoms with Gasteiger partial charge >= 0.3 is 5.97 Å². The quantitative estimate of drug-likeness (QED) is 0.839. The third-order valence-electron chi connectivity index (χ3n) is 3.69. The standard InChI is InChI=1S/C18H19ClN2O3/c1-12(22)21(2)14-10-8-13(9-11-14)20-17(18(23)24-3)15-6-4-5-7-16(15)19/h4-11,17,20H,1-3H3/t17-/m0/s1. The summed E-state index contributed by atoms with van der Waals surface area (Å²) in [6, 6.07) is 13.6. The number of anilines is 2. The van der Waals surface area contributed by atoms with Crippen LogP contribution in [0.2, 0.25) is 5.02 Å². The minimum absolute atomic E-state index is 0.0563. The molecule has 1 amide bonds. The van der Waals surface area contributed by atoms with Gasteiger partial charge in [0.2, 0.25) is 5.91 Å². The van der Waals surface area contributed by atoms with Gasteiger partial charge in [0.15, 0.2) is 6.04 Å². The number of nitrogens with one attached hydrogen (secondary N) is 1. The Morgan fingerprint density at radius 3 is 2.29 bits per heavy atom. The van der Waals surface area contributed by atoms with Gasteiger partial charge in [0.1, 0.15) is 0 Å². The zero-order chi connectivity index (χ0) is 17.7. The summed E-state index contributed by atoms with van der Waals surface area (Å²) in [6.07, 6.45) is 0. The zero-order valence-electron chi connectivity index (χ0n) is 13.7. The second kappa shape index (κ2) is 7.84. The number of amides is 1. The number of nitrogens with zero attached hydrogens (tertiary/aromatic N) is 1. The van der Waals surface area contributed by atoms with Crippen molar-refractivity contribution >= 4 is 34.9 Å². The normalized spacial score (nSPS) is 11.5. The van der Waals surface area contributed by atoms with Crippen LogP contribution in [0.5, 0.6) is 0 Å². The van der Waals surface area contributed by atoms with Crippen molar-refractivity contribution < 1.29 is 14.3 Å². The Hall–Kier alpha value is -2.53. The predicted octanol–water partition coefficient (Wildman–Crippen LogP) is 3.65. The molecule has 24 heavy (non-hydrogen) atoms. The Morgan fingerprint density at radius 2 is 1.75 bits per heavy atom. The second-order valence-electron chi connectivity index (χ2n) is 5.25. The van der Waals surface area contributed by atoms with E-state index < -0.39 is 12.0 Å². The van der Waals surface area contributed by atoms with Gasteiger partial charge in [-0.05, 0) is 30.3 Å². The van der Waals surface area contributed by atoms with Crippen LogP contribution in [0.15, 0.2) is 48.5 Å². The maximum atomic E-state index is 12.1. The minimum Gasteiger partial charge on any atom is -0.467 e. The highest BCUT2D eigenvalue weighted by molar-refractivity contribution is 6.31. The van der Waals surface area contributed by atoms with E-state index in [9.17, 15) is 9.59 Å². The Morgan fingerprint density at radius 1 is 1.12 bits per heavy atom. The van der Waals surface area contributed by atoms with E-state index in [1.165, 1.54) is 18.9 Å². The molecule has 1 atom stereocenters. The molecule has 1 N–H and O–H groups in total. The molecule has 0 heterocycles. The van der Waals surface area contributed by atoms with Gasteiger partial charge in [-0.3, -0.25) is 4.79 Å². The summed E-state index contributed by atoms with van der Waals surface area (Å²) in [5, 5.41) is 3.60. The molecule has 2 aromatic carbocycles. The van der Waals surface area contributed by atoms with Gasteiger partial charge < -0.3 is 15.0 Å². The average Bonchev–Trinajstić information content (AvgIpc) is 2.59. The lowest BCUT2D eigenvalue weighted by Gasteiger charge is -2.20. The molecule has 0 fully saturated rings. The van der Waals surface area contributed by atoms with E-state index in [2.05, 4.69) is 5.32 Å². The Kier molecular flexibility index (Phi) is 5.82. The fraction of sp³-hybridized carbons (Fsp3) is 0.222. The molecule has 2 aromatic rings. The van der Waals surface area contributed by atoms with Crippen LogP contribution >= 0.6 is 11.6 Å². The number of esters is 1. The maximum absolute atomic E-state index is 12.1. The molecule has 2 rings (SSSR count). The fourth-order valence-electron chi connectivity index (χ4n) is 2.22. The maximum Gasteiger partial charge on any atom is 0.333 e. The van der Waals surface area contributed by atoms with Crippen molar-refractivity contribution in [1.29, 1.82) is 0 Å². The van der Waals surface area contributed by atoms with E-state index in [4.69, 9.17) is 16.3 Å². The lowest BCUT2D eigenvalue weighted by molar-refractivity contribution is -0.141. The molecule has 0 saturated heterocycles. The van der Waals surface area contributed by atoms with Gasteiger partial charge in [-0.15, -0.1) is 0 Å². The van der Waals surface area contributed by atoms with Gasteiger partial charge in [0, 0.05) is 35.9 Å². The summed E-state index contributed by atoms with van der Waals surface area (Å²) in [7, 11) is 3.03. The van der Waals surface area contributed by atoms with Gasteiger partial charge in [0.05, 0.1) is 7.11 Å². The first-order valence-electron chi connectivity index (χ1n) is 7.37. The van der Waals surface area contributed by atoms with Crippen LogP contribution in [-0.4, -0.2) is 26.0 Å². The van der Waals surface area contributed by atoms with Crippen LogP contribution in [0.4, 0.5) is 11.4 Å².